The molecule has 5 nitrogen and oxygen atoms in total. The van der Waals surface area contributed by atoms with Crippen molar-refractivity contribution in [3.8, 4) is 0 Å². The molecule has 0 aliphatic heterocycles. The van der Waals surface area contributed by atoms with E-state index in [4.69, 9.17) is 4.42 Å². The van der Waals surface area contributed by atoms with Crippen LogP contribution in [0.1, 0.15) is 10.6 Å². The van der Waals surface area contributed by atoms with Crippen molar-refractivity contribution in [2.24, 2.45) is 0 Å². The van der Waals surface area contributed by atoms with Gasteiger partial charge in [-0.25, -0.2) is 8.42 Å². The van der Waals surface area contributed by atoms with Gasteiger partial charge in [-0.1, -0.05) is 0 Å². The van der Waals surface area contributed by atoms with E-state index in [1.807, 2.05) is 0 Å². The lowest BCUT2D eigenvalue weighted by molar-refractivity contribution is 0.406. The quantitative estimate of drug-likeness (QED) is 0.885. The lowest BCUT2D eigenvalue weighted by Gasteiger charge is -2.16. The second-order valence-corrected chi connectivity index (χ2v) is 7.09. The van der Waals surface area contributed by atoms with E-state index in [0.29, 0.717) is 17.2 Å². The van der Waals surface area contributed by atoms with Gasteiger partial charge in [0.05, 0.1) is 17.7 Å². The fourth-order valence-corrected chi connectivity index (χ4v) is 4.28. The van der Waals surface area contributed by atoms with Crippen LogP contribution < -0.4 is 5.32 Å². The molecule has 2 rings (SSSR count). The molecular formula is C12H16N2O3S2. The summed E-state index contributed by atoms with van der Waals surface area (Å²) < 4.78 is 31.4. The van der Waals surface area contributed by atoms with Crippen molar-refractivity contribution in [1.82, 2.24) is 9.62 Å². The largest absolute Gasteiger partial charge is 0.468 e. The third kappa shape index (κ3) is 3.06. The van der Waals surface area contributed by atoms with Gasteiger partial charge in [0.15, 0.2) is 0 Å². The van der Waals surface area contributed by atoms with Crippen molar-refractivity contribution in [3.05, 3.63) is 40.5 Å². The fraction of sp³-hybridized carbons (Fsp3) is 0.333. The third-order valence-corrected chi connectivity index (χ3v) is 5.63. The van der Waals surface area contributed by atoms with Gasteiger partial charge in [0.25, 0.3) is 0 Å². The zero-order valence-corrected chi connectivity index (χ0v) is 12.4. The van der Waals surface area contributed by atoms with Crippen molar-refractivity contribution in [3.63, 3.8) is 0 Å². The first kappa shape index (κ1) is 14.3. The standard InChI is InChI=1S/C12H16N2O3S2/c1-13-8-11-12(5-7-18-11)19(15,16)14(2)9-10-4-3-6-17-10/h3-7,13H,8-9H2,1-2H3. The van der Waals surface area contributed by atoms with E-state index in [1.165, 1.54) is 21.9 Å². The highest BCUT2D eigenvalue weighted by Gasteiger charge is 2.25. The second kappa shape index (κ2) is 5.87. The van der Waals surface area contributed by atoms with Crippen molar-refractivity contribution in [1.29, 1.82) is 0 Å². The first-order valence-electron chi connectivity index (χ1n) is 5.75. The molecule has 0 fully saturated rings. The molecule has 0 radical (unpaired) electrons. The van der Waals surface area contributed by atoms with Gasteiger partial charge in [0.2, 0.25) is 10.0 Å². The number of hydrogen-bond donors (Lipinski definition) is 1. The van der Waals surface area contributed by atoms with Crippen molar-refractivity contribution >= 4 is 21.4 Å². The molecule has 0 atom stereocenters. The summed E-state index contributed by atoms with van der Waals surface area (Å²) in [4.78, 5) is 1.18. The summed E-state index contributed by atoms with van der Waals surface area (Å²) in [5, 5.41) is 4.77. The molecule has 1 N–H and O–H groups in total. The number of hydrogen-bond acceptors (Lipinski definition) is 5. The van der Waals surface area contributed by atoms with Gasteiger partial charge in [-0.15, -0.1) is 11.3 Å². The van der Waals surface area contributed by atoms with Gasteiger partial charge in [0.1, 0.15) is 5.76 Å². The minimum atomic E-state index is -3.48. The highest BCUT2D eigenvalue weighted by Crippen LogP contribution is 2.25. The van der Waals surface area contributed by atoms with Crippen LogP contribution in [-0.2, 0) is 23.1 Å². The maximum atomic E-state index is 12.5. The molecule has 2 heterocycles. The van der Waals surface area contributed by atoms with E-state index >= 15 is 0 Å². The molecule has 0 saturated heterocycles. The van der Waals surface area contributed by atoms with Gasteiger partial charge < -0.3 is 9.73 Å². The lowest BCUT2D eigenvalue weighted by atomic mass is 10.4. The average molecular weight is 300 g/mol. The maximum absolute atomic E-state index is 12.5. The molecule has 2 aromatic rings. The molecule has 2 aromatic heterocycles. The molecule has 0 amide bonds. The first-order valence-corrected chi connectivity index (χ1v) is 8.07. The minimum absolute atomic E-state index is 0.226. The Hall–Kier alpha value is -1.15. The highest BCUT2D eigenvalue weighted by molar-refractivity contribution is 7.89. The summed E-state index contributed by atoms with van der Waals surface area (Å²) in [7, 11) is -0.132. The molecule has 0 spiro atoms. The number of sulfonamides is 1. The number of rotatable bonds is 6. The SMILES string of the molecule is CNCc1sccc1S(=O)(=O)N(C)Cc1ccco1. The van der Waals surface area contributed by atoms with Crippen molar-refractivity contribution in [2.75, 3.05) is 14.1 Å². The van der Waals surface area contributed by atoms with Crippen LogP contribution in [0.3, 0.4) is 0 Å². The molecule has 0 saturated carbocycles. The Kier molecular flexibility index (Phi) is 4.41. The fourth-order valence-electron chi connectivity index (χ4n) is 1.72. The topological polar surface area (TPSA) is 62.6 Å². The molecule has 0 aromatic carbocycles. The predicted molar refractivity (Wildman–Crippen MR) is 74.4 cm³/mol. The van der Waals surface area contributed by atoms with E-state index in [9.17, 15) is 8.42 Å². The highest BCUT2D eigenvalue weighted by atomic mass is 32.2. The Bertz CT molecular complexity index is 617. The van der Waals surface area contributed by atoms with Crippen LogP contribution in [0, 0.1) is 0 Å². The zero-order valence-electron chi connectivity index (χ0n) is 10.8. The predicted octanol–water partition coefficient (Wildman–Crippen LogP) is 1.88. The van der Waals surface area contributed by atoms with Gasteiger partial charge in [-0.05, 0) is 30.6 Å². The van der Waals surface area contributed by atoms with Crippen LogP contribution in [0.4, 0.5) is 0 Å². The summed E-state index contributed by atoms with van der Waals surface area (Å²) >= 11 is 1.43. The van der Waals surface area contributed by atoms with E-state index in [2.05, 4.69) is 5.32 Å². The summed E-state index contributed by atoms with van der Waals surface area (Å²) in [5.41, 5.74) is 0. The summed E-state index contributed by atoms with van der Waals surface area (Å²) in [5.74, 6) is 0.622. The molecule has 0 bridgehead atoms. The van der Waals surface area contributed by atoms with Crippen LogP contribution >= 0.6 is 11.3 Å². The molecular weight excluding hydrogens is 284 g/mol. The van der Waals surface area contributed by atoms with Crippen molar-refractivity contribution < 1.29 is 12.8 Å². The summed E-state index contributed by atoms with van der Waals surface area (Å²) in [6.07, 6.45) is 1.53. The molecule has 19 heavy (non-hydrogen) atoms. The van der Waals surface area contributed by atoms with E-state index in [0.717, 1.165) is 4.88 Å². The summed E-state index contributed by atoms with van der Waals surface area (Å²) in [6, 6.07) is 5.15. The van der Waals surface area contributed by atoms with Crippen LogP contribution in [0.5, 0.6) is 0 Å². The lowest BCUT2D eigenvalue weighted by Crippen LogP contribution is -2.27. The van der Waals surface area contributed by atoms with Crippen LogP contribution in [0.25, 0.3) is 0 Å². The van der Waals surface area contributed by atoms with E-state index in [-0.39, 0.29) is 6.54 Å². The van der Waals surface area contributed by atoms with Crippen LogP contribution in [0.2, 0.25) is 0 Å². The first-order chi connectivity index (χ1) is 9.05. The molecule has 0 aliphatic rings. The normalized spacial score (nSPS) is 12.2. The number of furan rings is 1. The average Bonchev–Trinajstić information content (AvgIpc) is 3.00. The Labute approximate surface area is 116 Å². The van der Waals surface area contributed by atoms with Gasteiger partial charge in [0, 0.05) is 18.5 Å². The Morgan fingerprint density at radius 2 is 2.21 bits per heavy atom. The maximum Gasteiger partial charge on any atom is 0.244 e. The monoisotopic (exact) mass is 300 g/mol. The van der Waals surface area contributed by atoms with Gasteiger partial charge in [-0.2, -0.15) is 4.31 Å². The van der Waals surface area contributed by atoms with Gasteiger partial charge in [-0.3, -0.25) is 0 Å². The molecule has 0 aliphatic carbocycles. The minimum Gasteiger partial charge on any atom is -0.468 e. The van der Waals surface area contributed by atoms with Crippen LogP contribution in [-0.4, -0.2) is 26.8 Å². The van der Waals surface area contributed by atoms with Crippen molar-refractivity contribution in [2.45, 2.75) is 18.0 Å². The second-order valence-electron chi connectivity index (χ2n) is 4.08. The smallest absolute Gasteiger partial charge is 0.244 e. The number of nitrogens with zero attached hydrogens (tertiary/aromatic N) is 1. The molecule has 7 heteroatoms. The molecule has 104 valence electrons. The zero-order chi connectivity index (χ0) is 13.9. The Morgan fingerprint density at radius 3 is 2.84 bits per heavy atom. The number of thiophene rings is 1. The van der Waals surface area contributed by atoms with Gasteiger partial charge >= 0.3 is 0 Å². The Morgan fingerprint density at radius 1 is 1.42 bits per heavy atom. The van der Waals surface area contributed by atoms with Crippen LogP contribution in [0.15, 0.2) is 39.2 Å². The summed E-state index contributed by atoms with van der Waals surface area (Å²) in [6.45, 7) is 0.769. The van der Waals surface area contributed by atoms with E-state index < -0.39 is 10.0 Å². The Balaban J connectivity index is 2.23. The van der Waals surface area contributed by atoms with E-state index in [1.54, 1.807) is 37.7 Å². The third-order valence-electron chi connectivity index (χ3n) is 2.69. The number of nitrogens with one attached hydrogen (secondary N) is 1. The molecule has 0 unspecified atom stereocenters.